The lowest BCUT2D eigenvalue weighted by molar-refractivity contribution is -0.126. The minimum atomic E-state index is -0.356. The van der Waals surface area contributed by atoms with Gasteiger partial charge in [-0.1, -0.05) is 70.7 Å². The van der Waals surface area contributed by atoms with Crippen molar-refractivity contribution in [2.45, 2.75) is 44.6 Å². The maximum Gasteiger partial charge on any atom is 0.230 e. The van der Waals surface area contributed by atoms with Crippen LogP contribution in [0.2, 0.25) is 0 Å². The number of aryl methyl sites for hydroxylation is 1. The maximum atomic E-state index is 13.0. The van der Waals surface area contributed by atoms with Gasteiger partial charge in [0, 0.05) is 11.0 Å². The molecule has 0 unspecified atom stereocenters. The van der Waals surface area contributed by atoms with Crippen LogP contribution in [-0.4, -0.2) is 5.91 Å². The van der Waals surface area contributed by atoms with Gasteiger partial charge in [0.1, 0.15) is 0 Å². The smallest absolute Gasteiger partial charge is 0.230 e. The Kier molecular flexibility index (Phi) is 4.86. The summed E-state index contributed by atoms with van der Waals surface area (Å²) in [6, 6.07) is 16.6. The van der Waals surface area contributed by atoms with E-state index in [1.165, 1.54) is 5.56 Å². The first-order valence-electron chi connectivity index (χ1n) is 8.20. The summed E-state index contributed by atoms with van der Waals surface area (Å²) in [5.41, 5.74) is 3.17. The molecule has 3 heteroatoms. The lowest BCUT2D eigenvalue weighted by atomic mass is 9.78. The Morgan fingerprint density at radius 3 is 2.26 bits per heavy atom. The summed E-state index contributed by atoms with van der Waals surface area (Å²) in [6.07, 6.45) is 4.12. The topological polar surface area (TPSA) is 29.1 Å². The largest absolute Gasteiger partial charge is 0.351 e. The molecule has 1 aliphatic carbocycles. The second kappa shape index (κ2) is 6.88. The summed E-state index contributed by atoms with van der Waals surface area (Å²) in [4.78, 5) is 13.0. The molecule has 0 spiro atoms. The minimum absolute atomic E-state index is 0.165. The Balaban J connectivity index is 1.76. The van der Waals surface area contributed by atoms with E-state index in [-0.39, 0.29) is 11.3 Å². The number of hydrogen-bond acceptors (Lipinski definition) is 1. The van der Waals surface area contributed by atoms with Crippen LogP contribution in [0.25, 0.3) is 0 Å². The molecule has 1 fully saturated rings. The van der Waals surface area contributed by atoms with E-state index in [4.69, 9.17) is 0 Å². The molecule has 23 heavy (non-hydrogen) atoms. The van der Waals surface area contributed by atoms with Crippen molar-refractivity contribution in [1.82, 2.24) is 5.32 Å². The monoisotopic (exact) mass is 371 g/mol. The molecule has 0 atom stereocenters. The second-order valence-corrected chi connectivity index (χ2v) is 7.38. The van der Waals surface area contributed by atoms with E-state index < -0.39 is 0 Å². The van der Waals surface area contributed by atoms with Gasteiger partial charge in [-0.15, -0.1) is 0 Å². The third kappa shape index (κ3) is 3.50. The third-order valence-corrected chi connectivity index (χ3v) is 5.39. The summed E-state index contributed by atoms with van der Waals surface area (Å²) in [7, 11) is 0. The average molecular weight is 372 g/mol. The van der Waals surface area contributed by atoms with E-state index in [1.54, 1.807) is 0 Å². The molecule has 1 aliphatic rings. The highest BCUT2D eigenvalue weighted by Crippen LogP contribution is 2.41. The van der Waals surface area contributed by atoms with Crippen LogP contribution in [0.5, 0.6) is 0 Å². The van der Waals surface area contributed by atoms with Crippen molar-refractivity contribution in [3.63, 3.8) is 0 Å². The van der Waals surface area contributed by atoms with Crippen LogP contribution in [0.15, 0.2) is 53.0 Å². The van der Waals surface area contributed by atoms with Crippen molar-refractivity contribution in [1.29, 1.82) is 0 Å². The zero-order valence-electron chi connectivity index (χ0n) is 13.4. The van der Waals surface area contributed by atoms with Gasteiger partial charge in [0.05, 0.1) is 5.41 Å². The maximum absolute atomic E-state index is 13.0. The van der Waals surface area contributed by atoms with Crippen LogP contribution in [0, 0.1) is 6.92 Å². The fourth-order valence-electron chi connectivity index (χ4n) is 3.45. The molecule has 1 N–H and O–H groups in total. The standard InChI is InChI=1S/C20H22BrNO/c1-15-4-6-16(7-5-15)14-22-19(23)20(12-2-3-13-20)17-8-10-18(21)11-9-17/h4-11H,2-3,12-14H2,1H3,(H,22,23). The molecular weight excluding hydrogens is 350 g/mol. The van der Waals surface area contributed by atoms with Gasteiger partial charge in [0.2, 0.25) is 5.91 Å². The Morgan fingerprint density at radius 1 is 1.04 bits per heavy atom. The van der Waals surface area contributed by atoms with Crippen LogP contribution < -0.4 is 5.32 Å². The molecule has 1 amide bonds. The first-order valence-corrected chi connectivity index (χ1v) is 8.99. The molecule has 2 aromatic carbocycles. The van der Waals surface area contributed by atoms with Crippen molar-refractivity contribution in [2.75, 3.05) is 0 Å². The summed E-state index contributed by atoms with van der Waals surface area (Å²) in [5.74, 6) is 0.165. The Labute approximate surface area is 146 Å². The first kappa shape index (κ1) is 16.3. The van der Waals surface area contributed by atoms with E-state index in [1.807, 2.05) is 12.1 Å². The second-order valence-electron chi connectivity index (χ2n) is 6.46. The molecule has 0 heterocycles. The lowest BCUT2D eigenvalue weighted by Crippen LogP contribution is -2.42. The zero-order chi connectivity index (χ0) is 16.3. The Morgan fingerprint density at radius 2 is 1.65 bits per heavy atom. The number of halogens is 1. The van der Waals surface area contributed by atoms with E-state index in [0.29, 0.717) is 6.54 Å². The number of benzene rings is 2. The molecular formula is C20H22BrNO. The molecule has 3 rings (SSSR count). The number of nitrogens with one attached hydrogen (secondary N) is 1. The quantitative estimate of drug-likeness (QED) is 0.814. The van der Waals surface area contributed by atoms with Crippen LogP contribution in [0.3, 0.4) is 0 Å². The van der Waals surface area contributed by atoms with Crippen molar-refractivity contribution < 1.29 is 4.79 Å². The molecule has 0 aliphatic heterocycles. The predicted molar refractivity (Wildman–Crippen MR) is 97.3 cm³/mol. The van der Waals surface area contributed by atoms with Gasteiger partial charge in [-0.3, -0.25) is 4.79 Å². The molecule has 0 bridgehead atoms. The Hall–Kier alpha value is -1.61. The average Bonchev–Trinajstić information content (AvgIpc) is 3.06. The molecule has 120 valence electrons. The number of rotatable bonds is 4. The van der Waals surface area contributed by atoms with Crippen molar-refractivity contribution in [3.05, 3.63) is 69.7 Å². The highest BCUT2D eigenvalue weighted by atomic mass is 79.9. The molecule has 2 aromatic rings. The number of carbonyl (C=O) groups is 1. The molecule has 0 aromatic heterocycles. The lowest BCUT2D eigenvalue weighted by Gasteiger charge is -2.28. The van der Waals surface area contributed by atoms with Gasteiger partial charge in [0.25, 0.3) is 0 Å². The first-order chi connectivity index (χ1) is 11.1. The van der Waals surface area contributed by atoms with Crippen LogP contribution >= 0.6 is 15.9 Å². The Bertz CT molecular complexity index is 670. The van der Waals surface area contributed by atoms with E-state index in [2.05, 4.69) is 64.6 Å². The van der Waals surface area contributed by atoms with Gasteiger partial charge in [0.15, 0.2) is 0 Å². The number of amides is 1. The predicted octanol–water partition coefficient (Wildman–Crippen LogP) is 4.89. The summed E-state index contributed by atoms with van der Waals surface area (Å²) in [6.45, 7) is 2.67. The van der Waals surface area contributed by atoms with Gasteiger partial charge in [-0.2, -0.15) is 0 Å². The fourth-order valence-corrected chi connectivity index (χ4v) is 3.72. The fraction of sp³-hybridized carbons (Fsp3) is 0.350. The summed E-state index contributed by atoms with van der Waals surface area (Å²) < 4.78 is 1.05. The minimum Gasteiger partial charge on any atom is -0.351 e. The van der Waals surface area contributed by atoms with Gasteiger partial charge < -0.3 is 5.32 Å². The molecule has 0 radical (unpaired) electrons. The van der Waals surface area contributed by atoms with Crippen molar-refractivity contribution in [3.8, 4) is 0 Å². The molecule has 1 saturated carbocycles. The van der Waals surface area contributed by atoms with E-state index in [9.17, 15) is 4.79 Å². The molecule has 0 saturated heterocycles. The van der Waals surface area contributed by atoms with Crippen LogP contribution in [0.4, 0.5) is 0 Å². The number of hydrogen-bond donors (Lipinski definition) is 1. The van der Waals surface area contributed by atoms with Crippen molar-refractivity contribution in [2.24, 2.45) is 0 Å². The van der Waals surface area contributed by atoms with Crippen molar-refractivity contribution >= 4 is 21.8 Å². The SMILES string of the molecule is Cc1ccc(CNC(=O)C2(c3ccc(Br)cc3)CCCC2)cc1. The third-order valence-electron chi connectivity index (χ3n) is 4.86. The summed E-state index contributed by atoms with van der Waals surface area (Å²) in [5, 5.41) is 3.16. The van der Waals surface area contributed by atoms with E-state index >= 15 is 0 Å². The van der Waals surface area contributed by atoms with Crippen LogP contribution in [-0.2, 0) is 16.8 Å². The van der Waals surface area contributed by atoms with E-state index in [0.717, 1.165) is 41.3 Å². The highest BCUT2D eigenvalue weighted by Gasteiger charge is 2.42. The summed E-state index contributed by atoms with van der Waals surface area (Å²) >= 11 is 3.48. The number of carbonyl (C=O) groups excluding carboxylic acids is 1. The normalized spacial score (nSPS) is 16.3. The van der Waals surface area contributed by atoms with Gasteiger partial charge in [-0.25, -0.2) is 0 Å². The van der Waals surface area contributed by atoms with Crippen LogP contribution in [0.1, 0.15) is 42.4 Å². The highest BCUT2D eigenvalue weighted by molar-refractivity contribution is 9.10. The van der Waals surface area contributed by atoms with Gasteiger partial charge >= 0.3 is 0 Å². The molecule has 2 nitrogen and oxygen atoms in total. The van der Waals surface area contributed by atoms with Gasteiger partial charge in [-0.05, 0) is 43.0 Å². The zero-order valence-corrected chi connectivity index (χ0v) is 15.0.